The lowest BCUT2D eigenvalue weighted by Crippen LogP contribution is -2.36. The van der Waals surface area contributed by atoms with Crippen molar-refractivity contribution in [3.05, 3.63) is 29.8 Å². The molecule has 1 heterocycles. The molecule has 0 aromatic heterocycles. The van der Waals surface area contributed by atoms with Crippen molar-refractivity contribution < 1.29 is 9.47 Å². The molecule has 3 heteroatoms. The van der Waals surface area contributed by atoms with E-state index in [0.29, 0.717) is 6.04 Å². The van der Waals surface area contributed by atoms with Crippen LogP contribution in [-0.4, -0.2) is 25.4 Å². The summed E-state index contributed by atoms with van der Waals surface area (Å²) in [4.78, 5) is 0. The summed E-state index contributed by atoms with van der Waals surface area (Å²) in [5.74, 6) is 1.01. The van der Waals surface area contributed by atoms with Crippen molar-refractivity contribution in [2.45, 2.75) is 64.4 Å². The first-order valence-corrected chi connectivity index (χ1v) is 7.72. The molecule has 0 bridgehead atoms. The SMILES string of the molecule is CCC(NC)c1ccccc1OC1CC(C)OC(C)C1. The summed E-state index contributed by atoms with van der Waals surface area (Å²) < 4.78 is 12.1. The standard InChI is InChI=1S/C17H27NO2/c1-5-16(18-4)15-8-6-7-9-17(15)20-14-10-12(2)19-13(3)11-14/h6-9,12-14,16,18H,5,10-11H2,1-4H3. The number of para-hydroxylation sites is 1. The van der Waals surface area contributed by atoms with E-state index in [9.17, 15) is 0 Å². The van der Waals surface area contributed by atoms with Gasteiger partial charge in [-0.3, -0.25) is 0 Å². The fourth-order valence-corrected chi connectivity index (χ4v) is 3.08. The fraction of sp³-hybridized carbons (Fsp3) is 0.647. The predicted octanol–water partition coefficient (Wildman–Crippen LogP) is 3.69. The molecule has 3 atom stereocenters. The molecule has 1 aromatic carbocycles. The van der Waals surface area contributed by atoms with Crippen molar-refractivity contribution in [3.8, 4) is 5.75 Å². The molecule has 0 spiro atoms. The number of hydrogen-bond donors (Lipinski definition) is 1. The maximum Gasteiger partial charge on any atom is 0.124 e. The minimum Gasteiger partial charge on any atom is -0.490 e. The van der Waals surface area contributed by atoms with Crippen molar-refractivity contribution in [2.75, 3.05) is 7.05 Å². The highest BCUT2D eigenvalue weighted by Crippen LogP contribution is 2.30. The Balaban J connectivity index is 2.12. The lowest BCUT2D eigenvalue weighted by molar-refractivity contribution is -0.0723. The Morgan fingerprint density at radius 2 is 1.90 bits per heavy atom. The zero-order valence-corrected chi connectivity index (χ0v) is 13.1. The molecular weight excluding hydrogens is 250 g/mol. The summed E-state index contributed by atoms with van der Waals surface area (Å²) in [5.41, 5.74) is 1.25. The summed E-state index contributed by atoms with van der Waals surface area (Å²) in [5, 5.41) is 3.36. The van der Waals surface area contributed by atoms with E-state index in [1.165, 1.54) is 5.56 Å². The van der Waals surface area contributed by atoms with E-state index >= 15 is 0 Å². The third kappa shape index (κ3) is 3.74. The van der Waals surface area contributed by atoms with E-state index < -0.39 is 0 Å². The molecule has 20 heavy (non-hydrogen) atoms. The Bertz CT molecular complexity index is 407. The monoisotopic (exact) mass is 277 g/mol. The fourth-order valence-electron chi connectivity index (χ4n) is 3.08. The van der Waals surface area contributed by atoms with Gasteiger partial charge in [0, 0.05) is 24.4 Å². The number of ether oxygens (including phenoxy) is 2. The summed E-state index contributed by atoms with van der Waals surface area (Å²) >= 11 is 0. The van der Waals surface area contributed by atoms with Crippen LogP contribution in [0.15, 0.2) is 24.3 Å². The second kappa shape index (κ2) is 7.09. The number of rotatable bonds is 5. The molecule has 112 valence electrons. The molecule has 1 aliphatic rings. The molecule has 0 saturated carbocycles. The van der Waals surface area contributed by atoms with Gasteiger partial charge in [0.1, 0.15) is 11.9 Å². The molecule has 0 amide bonds. The Hall–Kier alpha value is -1.06. The Labute approximate surface area is 122 Å². The molecule has 1 N–H and O–H groups in total. The zero-order chi connectivity index (χ0) is 14.5. The maximum absolute atomic E-state index is 6.29. The van der Waals surface area contributed by atoms with Crippen LogP contribution < -0.4 is 10.1 Å². The van der Waals surface area contributed by atoms with E-state index in [2.05, 4.69) is 44.3 Å². The number of hydrogen-bond acceptors (Lipinski definition) is 3. The van der Waals surface area contributed by atoms with Crippen LogP contribution in [0, 0.1) is 0 Å². The van der Waals surface area contributed by atoms with Gasteiger partial charge in [-0.2, -0.15) is 0 Å². The van der Waals surface area contributed by atoms with E-state index in [0.717, 1.165) is 25.0 Å². The second-order valence-electron chi connectivity index (χ2n) is 5.76. The molecule has 0 aliphatic carbocycles. The van der Waals surface area contributed by atoms with Crippen LogP contribution in [-0.2, 0) is 4.74 Å². The molecule has 2 rings (SSSR count). The third-order valence-electron chi connectivity index (χ3n) is 4.00. The minimum absolute atomic E-state index is 0.254. The second-order valence-corrected chi connectivity index (χ2v) is 5.76. The first kappa shape index (κ1) is 15.3. The van der Waals surface area contributed by atoms with Gasteiger partial charge in [-0.1, -0.05) is 25.1 Å². The van der Waals surface area contributed by atoms with Crippen molar-refractivity contribution in [3.63, 3.8) is 0 Å². The molecule has 0 radical (unpaired) electrons. The third-order valence-corrected chi connectivity index (χ3v) is 4.00. The Morgan fingerprint density at radius 3 is 2.50 bits per heavy atom. The highest BCUT2D eigenvalue weighted by atomic mass is 16.5. The van der Waals surface area contributed by atoms with E-state index in [-0.39, 0.29) is 18.3 Å². The van der Waals surface area contributed by atoms with Crippen LogP contribution >= 0.6 is 0 Å². The highest BCUT2D eigenvalue weighted by Gasteiger charge is 2.26. The van der Waals surface area contributed by atoms with E-state index in [4.69, 9.17) is 9.47 Å². The molecule has 1 fully saturated rings. The van der Waals surface area contributed by atoms with Crippen LogP contribution in [0.1, 0.15) is 51.6 Å². The van der Waals surface area contributed by atoms with Gasteiger partial charge in [-0.05, 0) is 33.4 Å². The zero-order valence-electron chi connectivity index (χ0n) is 13.1. The van der Waals surface area contributed by atoms with Crippen LogP contribution in [0.2, 0.25) is 0 Å². The van der Waals surface area contributed by atoms with Crippen LogP contribution in [0.5, 0.6) is 5.75 Å². The van der Waals surface area contributed by atoms with Crippen molar-refractivity contribution >= 4 is 0 Å². The van der Waals surface area contributed by atoms with Crippen molar-refractivity contribution in [1.82, 2.24) is 5.32 Å². The van der Waals surface area contributed by atoms with Gasteiger partial charge in [0.05, 0.1) is 12.2 Å². The molecule has 3 unspecified atom stereocenters. The Kier molecular flexibility index (Phi) is 5.44. The average Bonchev–Trinajstić information content (AvgIpc) is 2.41. The van der Waals surface area contributed by atoms with Crippen molar-refractivity contribution in [2.24, 2.45) is 0 Å². The minimum atomic E-state index is 0.254. The van der Waals surface area contributed by atoms with Gasteiger partial charge in [0.2, 0.25) is 0 Å². The van der Waals surface area contributed by atoms with Gasteiger partial charge in [-0.25, -0.2) is 0 Å². The van der Waals surface area contributed by atoms with Gasteiger partial charge in [-0.15, -0.1) is 0 Å². The number of nitrogens with one attached hydrogen (secondary N) is 1. The first-order chi connectivity index (χ1) is 9.63. The first-order valence-electron chi connectivity index (χ1n) is 7.72. The summed E-state index contributed by atoms with van der Waals surface area (Å²) in [7, 11) is 2.00. The topological polar surface area (TPSA) is 30.5 Å². The van der Waals surface area contributed by atoms with E-state index in [1.54, 1.807) is 0 Å². The summed E-state index contributed by atoms with van der Waals surface area (Å²) in [6, 6.07) is 8.72. The Morgan fingerprint density at radius 1 is 1.25 bits per heavy atom. The van der Waals surface area contributed by atoms with Crippen LogP contribution in [0.4, 0.5) is 0 Å². The van der Waals surface area contributed by atoms with Gasteiger partial charge < -0.3 is 14.8 Å². The largest absolute Gasteiger partial charge is 0.490 e. The highest BCUT2D eigenvalue weighted by molar-refractivity contribution is 5.36. The molecule has 1 aromatic rings. The van der Waals surface area contributed by atoms with Crippen molar-refractivity contribution in [1.29, 1.82) is 0 Å². The van der Waals surface area contributed by atoms with Crippen LogP contribution in [0.3, 0.4) is 0 Å². The normalized spacial score (nSPS) is 28.1. The predicted molar refractivity (Wildman–Crippen MR) is 82.2 cm³/mol. The smallest absolute Gasteiger partial charge is 0.124 e. The van der Waals surface area contributed by atoms with E-state index in [1.807, 2.05) is 13.1 Å². The van der Waals surface area contributed by atoms with Gasteiger partial charge in [0.15, 0.2) is 0 Å². The molecule has 1 saturated heterocycles. The lowest BCUT2D eigenvalue weighted by atomic mass is 10.0. The molecular formula is C17H27NO2. The molecule has 1 aliphatic heterocycles. The molecule has 3 nitrogen and oxygen atoms in total. The van der Waals surface area contributed by atoms with Crippen LogP contribution in [0.25, 0.3) is 0 Å². The summed E-state index contributed by atoms with van der Waals surface area (Å²) in [6.07, 6.45) is 3.80. The quantitative estimate of drug-likeness (QED) is 0.890. The lowest BCUT2D eigenvalue weighted by Gasteiger charge is -2.33. The van der Waals surface area contributed by atoms with Gasteiger partial charge in [0.25, 0.3) is 0 Å². The number of benzene rings is 1. The average molecular weight is 277 g/mol. The maximum atomic E-state index is 6.29. The van der Waals surface area contributed by atoms with Gasteiger partial charge >= 0.3 is 0 Å². The summed E-state index contributed by atoms with van der Waals surface area (Å²) in [6.45, 7) is 6.44.